The van der Waals surface area contributed by atoms with Gasteiger partial charge < -0.3 is 21.3 Å². The van der Waals surface area contributed by atoms with Crippen LogP contribution in [0.25, 0.3) is 0 Å². The molecule has 2 atom stereocenters. The zero-order valence-electron chi connectivity index (χ0n) is 8.06. The van der Waals surface area contributed by atoms with Crippen molar-refractivity contribution in [1.82, 2.24) is 5.32 Å². The van der Waals surface area contributed by atoms with E-state index in [1.165, 1.54) is 0 Å². The number of hydrogen-bond donors (Lipinski definition) is 4. The van der Waals surface area contributed by atoms with Crippen LogP contribution in [0, 0.1) is 0 Å². The zero-order chi connectivity index (χ0) is 11.1. The van der Waals surface area contributed by atoms with Gasteiger partial charge >= 0.3 is 5.97 Å². The first-order valence-corrected chi connectivity index (χ1v) is 4.43. The Morgan fingerprint density at radius 2 is 2.07 bits per heavy atom. The lowest BCUT2D eigenvalue weighted by molar-refractivity contribution is -0.147. The zero-order valence-corrected chi connectivity index (χ0v) is 8.06. The quantitative estimate of drug-likeness (QED) is 0.428. The Morgan fingerprint density at radius 3 is 2.50 bits per heavy atom. The minimum atomic E-state index is -1.44. The Labute approximate surface area is 82.1 Å². The number of carboxylic acids is 1. The monoisotopic (exact) mass is 204 g/mol. The number of carbonyl (C=O) groups excluding carboxylic acids is 1. The third-order valence-corrected chi connectivity index (χ3v) is 1.78. The van der Waals surface area contributed by atoms with Crippen LogP contribution < -0.4 is 11.1 Å². The number of nitrogens with two attached hydrogens (primary N) is 1. The van der Waals surface area contributed by atoms with Gasteiger partial charge in [0.25, 0.3) is 0 Å². The van der Waals surface area contributed by atoms with Crippen LogP contribution >= 0.6 is 0 Å². The molecule has 0 rings (SSSR count). The van der Waals surface area contributed by atoms with Crippen molar-refractivity contribution in [3.8, 4) is 0 Å². The lowest BCUT2D eigenvalue weighted by Crippen LogP contribution is -2.41. The van der Waals surface area contributed by atoms with Gasteiger partial charge in [0, 0.05) is 13.0 Å². The maximum Gasteiger partial charge on any atom is 0.332 e. The van der Waals surface area contributed by atoms with Crippen LogP contribution in [-0.4, -0.2) is 40.8 Å². The van der Waals surface area contributed by atoms with E-state index < -0.39 is 18.1 Å². The molecule has 0 aliphatic rings. The van der Waals surface area contributed by atoms with Crippen LogP contribution in [0.2, 0.25) is 0 Å². The van der Waals surface area contributed by atoms with Crippen LogP contribution in [0.4, 0.5) is 0 Å². The number of rotatable bonds is 6. The lowest BCUT2D eigenvalue weighted by Gasteiger charge is -2.10. The highest BCUT2D eigenvalue weighted by Gasteiger charge is 2.14. The molecule has 1 amide bonds. The summed E-state index contributed by atoms with van der Waals surface area (Å²) >= 11 is 0. The van der Waals surface area contributed by atoms with Gasteiger partial charge in [0.05, 0.1) is 6.04 Å². The molecule has 6 nitrogen and oxygen atoms in total. The van der Waals surface area contributed by atoms with Crippen LogP contribution in [0.5, 0.6) is 0 Å². The molecule has 0 fully saturated rings. The molecule has 0 heterocycles. The van der Waals surface area contributed by atoms with Crippen LogP contribution in [-0.2, 0) is 9.59 Å². The average Bonchev–Trinajstić information content (AvgIpc) is 2.15. The van der Waals surface area contributed by atoms with Crippen molar-refractivity contribution >= 4 is 11.9 Å². The highest BCUT2D eigenvalue weighted by molar-refractivity contribution is 5.81. The van der Waals surface area contributed by atoms with E-state index in [1.807, 2.05) is 0 Å². The molecule has 0 radical (unpaired) electrons. The average molecular weight is 204 g/mol. The first-order valence-electron chi connectivity index (χ1n) is 4.43. The van der Waals surface area contributed by atoms with Crippen molar-refractivity contribution in [3.63, 3.8) is 0 Å². The number of hydrogen-bond acceptors (Lipinski definition) is 4. The SMILES string of the molecule is CC[C@@H](N)C(=O)NCCC(O)C(=O)O. The molecule has 0 aliphatic carbocycles. The summed E-state index contributed by atoms with van der Waals surface area (Å²) in [5.41, 5.74) is 5.40. The molecular weight excluding hydrogens is 188 g/mol. The fraction of sp³-hybridized carbons (Fsp3) is 0.750. The first-order chi connectivity index (χ1) is 6.49. The van der Waals surface area contributed by atoms with Gasteiger partial charge in [0.15, 0.2) is 6.10 Å². The molecular formula is C8H16N2O4. The molecule has 0 aromatic rings. The summed E-state index contributed by atoms with van der Waals surface area (Å²) in [7, 11) is 0. The topological polar surface area (TPSA) is 113 Å². The molecule has 0 spiro atoms. The first kappa shape index (κ1) is 12.9. The third kappa shape index (κ3) is 4.78. The summed E-state index contributed by atoms with van der Waals surface area (Å²) in [6.07, 6.45) is -0.932. The van der Waals surface area contributed by atoms with Crippen LogP contribution in [0.3, 0.4) is 0 Å². The number of carboxylic acid groups (broad SMARTS) is 1. The second-order valence-corrected chi connectivity index (χ2v) is 2.95. The van der Waals surface area contributed by atoms with Crippen LogP contribution in [0.1, 0.15) is 19.8 Å². The van der Waals surface area contributed by atoms with Gasteiger partial charge in [-0.15, -0.1) is 0 Å². The number of amides is 1. The minimum Gasteiger partial charge on any atom is -0.479 e. The Hall–Kier alpha value is -1.14. The van der Waals surface area contributed by atoms with Crippen molar-refractivity contribution in [2.45, 2.75) is 31.9 Å². The van der Waals surface area contributed by atoms with E-state index in [0.717, 1.165) is 0 Å². The minimum absolute atomic E-state index is 0.0164. The Bertz CT molecular complexity index is 208. The normalized spacial score (nSPS) is 14.5. The molecule has 0 saturated carbocycles. The molecule has 0 saturated heterocycles. The molecule has 0 aromatic carbocycles. The van der Waals surface area contributed by atoms with Gasteiger partial charge in [-0.05, 0) is 6.42 Å². The summed E-state index contributed by atoms with van der Waals surface area (Å²) in [5.74, 6) is -1.62. The number of aliphatic carboxylic acids is 1. The molecule has 82 valence electrons. The summed E-state index contributed by atoms with van der Waals surface area (Å²) in [6.45, 7) is 1.89. The third-order valence-electron chi connectivity index (χ3n) is 1.78. The second-order valence-electron chi connectivity index (χ2n) is 2.95. The fourth-order valence-electron chi connectivity index (χ4n) is 0.772. The second kappa shape index (κ2) is 6.33. The van der Waals surface area contributed by atoms with E-state index in [9.17, 15) is 9.59 Å². The molecule has 0 aliphatic heterocycles. The maximum absolute atomic E-state index is 11.1. The fourth-order valence-corrected chi connectivity index (χ4v) is 0.772. The van der Waals surface area contributed by atoms with Crippen molar-refractivity contribution in [3.05, 3.63) is 0 Å². The summed E-state index contributed by atoms with van der Waals surface area (Å²) in [4.78, 5) is 21.2. The van der Waals surface area contributed by atoms with Crippen molar-refractivity contribution < 1.29 is 19.8 Å². The number of aliphatic hydroxyl groups is 1. The van der Waals surface area contributed by atoms with E-state index in [2.05, 4.69) is 5.32 Å². The van der Waals surface area contributed by atoms with Gasteiger partial charge in [-0.2, -0.15) is 0 Å². The summed E-state index contributed by atoms with van der Waals surface area (Å²) in [6, 6.07) is -0.572. The highest BCUT2D eigenvalue weighted by Crippen LogP contribution is 1.91. The number of carbonyl (C=O) groups is 2. The highest BCUT2D eigenvalue weighted by atomic mass is 16.4. The van der Waals surface area contributed by atoms with Gasteiger partial charge in [0.2, 0.25) is 5.91 Å². The lowest BCUT2D eigenvalue weighted by atomic mass is 10.2. The molecule has 14 heavy (non-hydrogen) atoms. The predicted octanol–water partition coefficient (Wildman–Crippen LogP) is -1.32. The van der Waals surface area contributed by atoms with Crippen LogP contribution in [0.15, 0.2) is 0 Å². The predicted molar refractivity (Wildman–Crippen MR) is 49.5 cm³/mol. The van der Waals surface area contributed by atoms with E-state index in [-0.39, 0.29) is 18.9 Å². The standard InChI is InChI=1S/C8H16N2O4/c1-2-5(9)7(12)10-4-3-6(11)8(13)14/h5-6,11H,2-4,9H2,1H3,(H,10,12)(H,13,14)/t5-,6?/m1/s1. The molecule has 1 unspecified atom stereocenters. The Morgan fingerprint density at radius 1 is 1.50 bits per heavy atom. The smallest absolute Gasteiger partial charge is 0.332 e. The molecule has 6 heteroatoms. The van der Waals surface area contributed by atoms with Crippen molar-refractivity contribution in [2.75, 3.05) is 6.54 Å². The molecule has 5 N–H and O–H groups in total. The molecule has 0 bridgehead atoms. The maximum atomic E-state index is 11.1. The van der Waals surface area contributed by atoms with Crippen molar-refractivity contribution in [1.29, 1.82) is 0 Å². The van der Waals surface area contributed by atoms with E-state index in [0.29, 0.717) is 6.42 Å². The summed E-state index contributed by atoms with van der Waals surface area (Å²) < 4.78 is 0. The largest absolute Gasteiger partial charge is 0.479 e. The Balaban J connectivity index is 3.64. The van der Waals surface area contributed by atoms with Gasteiger partial charge in [-0.1, -0.05) is 6.92 Å². The summed E-state index contributed by atoms with van der Waals surface area (Å²) in [5, 5.41) is 19.6. The number of aliphatic hydroxyl groups excluding tert-OH is 1. The van der Waals surface area contributed by atoms with Gasteiger partial charge in [0.1, 0.15) is 0 Å². The Kier molecular flexibility index (Phi) is 5.82. The van der Waals surface area contributed by atoms with E-state index >= 15 is 0 Å². The number of nitrogens with one attached hydrogen (secondary N) is 1. The van der Waals surface area contributed by atoms with Gasteiger partial charge in [-0.25, -0.2) is 4.79 Å². The van der Waals surface area contributed by atoms with Crippen molar-refractivity contribution in [2.24, 2.45) is 5.73 Å². The van der Waals surface area contributed by atoms with Gasteiger partial charge in [-0.3, -0.25) is 4.79 Å². The molecule has 0 aromatic heterocycles. The van der Waals surface area contributed by atoms with E-state index in [4.69, 9.17) is 15.9 Å². The van der Waals surface area contributed by atoms with E-state index in [1.54, 1.807) is 6.92 Å².